The first-order chi connectivity index (χ1) is 14.2. The number of carbonyl (C=O) groups excluding carboxylic acids is 4. The minimum absolute atomic E-state index is 0.00313. The van der Waals surface area contributed by atoms with Gasteiger partial charge in [0.15, 0.2) is 0 Å². The predicted molar refractivity (Wildman–Crippen MR) is 110 cm³/mol. The van der Waals surface area contributed by atoms with Crippen molar-refractivity contribution in [1.82, 2.24) is 10.6 Å². The average molecular weight is 419 g/mol. The molecule has 30 heavy (non-hydrogen) atoms. The Balaban J connectivity index is 2.65. The first-order valence-electron chi connectivity index (χ1n) is 9.64. The van der Waals surface area contributed by atoms with Gasteiger partial charge in [0.05, 0.1) is 6.61 Å². The largest absolute Gasteiger partial charge is 0.463 e. The third kappa shape index (κ3) is 9.22. The number of hydrogen-bond acceptors (Lipinski definition) is 6. The van der Waals surface area contributed by atoms with E-state index in [2.05, 4.69) is 10.6 Å². The van der Waals surface area contributed by atoms with Gasteiger partial charge >= 0.3 is 12.1 Å². The zero-order valence-corrected chi connectivity index (χ0v) is 17.4. The fraction of sp³-hybridized carbons (Fsp3) is 0.429. The number of esters is 1. The highest BCUT2D eigenvalue weighted by Gasteiger charge is 2.28. The summed E-state index contributed by atoms with van der Waals surface area (Å²) in [4.78, 5) is 47.7. The number of hydrogen-bond donors (Lipinski definition) is 3. The van der Waals surface area contributed by atoms with Crippen LogP contribution in [0, 0.1) is 5.92 Å². The Bertz CT molecular complexity index is 748. The standard InChI is InChI=1S/C21H29N3O6/c1-4-29-17(25)12-8-11-16(19(22)26)23-20(27)18(14(2)3)24-21(28)30-13-15-9-6-5-7-10-15/h5-10,12,14,16,18H,4,11,13H2,1-3H3,(H2,22,26)(H,23,27)(H,24,28)/b12-8+/t16-,18+/m1/s1. The van der Waals surface area contributed by atoms with Crippen LogP contribution in [0.5, 0.6) is 0 Å². The summed E-state index contributed by atoms with van der Waals surface area (Å²) in [7, 11) is 0. The van der Waals surface area contributed by atoms with E-state index in [0.29, 0.717) is 0 Å². The second kappa shape index (κ2) is 13.0. The van der Waals surface area contributed by atoms with E-state index in [0.717, 1.165) is 11.6 Å². The molecule has 1 rings (SSSR count). The average Bonchev–Trinajstić information content (AvgIpc) is 2.70. The maximum absolute atomic E-state index is 12.6. The molecule has 0 aromatic heterocycles. The van der Waals surface area contributed by atoms with Crippen molar-refractivity contribution in [2.24, 2.45) is 11.7 Å². The van der Waals surface area contributed by atoms with E-state index in [1.165, 1.54) is 6.08 Å². The van der Waals surface area contributed by atoms with Crippen molar-refractivity contribution in [1.29, 1.82) is 0 Å². The molecule has 0 bridgehead atoms. The van der Waals surface area contributed by atoms with Crippen molar-refractivity contribution in [3.63, 3.8) is 0 Å². The molecule has 0 spiro atoms. The molecular weight excluding hydrogens is 390 g/mol. The van der Waals surface area contributed by atoms with E-state index in [4.69, 9.17) is 15.2 Å². The number of benzene rings is 1. The molecule has 1 aromatic carbocycles. The minimum Gasteiger partial charge on any atom is -0.463 e. The van der Waals surface area contributed by atoms with E-state index in [1.54, 1.807) is 32.9 Å². The summed E-state index contributed by atoms with van der Waals surface area (Å²) in [5.41, 5.74) is 6.14. The molecule has 0 aliphatic heterocycles. The molecule has 1 aromatic rings. The third-order valence-electron chi connectivity index (χ3n) is 4.01. The molecule has 9 heteroatoms. The highest BCUT2D eigenvalue weighted by Crippen LogP contribution is 2.06. The summed E-state index contributed by atoms with van der Waals surface area (Å²) in [6.45, 7) is 5.42. The van der Waals surface area contributed by atoms with Crippen LogP contribution in [0.3, 0.4) is 0 Å². The SMILES string of the molecule is CCOC(=O)/C=C/C[C@@H](NC(=O)[C@@H](NC(=O)OCc1ccccc1)C(C)C)C(N)=O. The van der Waals surface area contributed by atoms with Gasteiger partial charge in [-0.15, -0.1) is 0 Å². The molecule has 3 amide bonds. The second-order valence-corrected chi connectivity index (χ2v) is 6.78. The van der Waals surface area contributed by atoms with Crippen LogP contribution in [-0.2, 0) is 30.5 Å². The van der Waals surface area contributed by atoms with E-state index in [1.807, 2.05) is 18.2 Å². The Morgan fingerprint density at radius 2 is 1.73 bits per heavy atom. The number of rotatable bonds is 11. The van der Waals surface area contributed by atoms with Crippen LogP contribution < -0.4 is 16.4 Å². The summed E-state index contributed by atoms with van der Waals surface area (Å²) in [5, 5.41) is 5.00. The number of amides is 3. The lowest BCUT2D eigenvalue weighted by Gasteiger charge is -2.23. The highest BCUT2D eigenvalue weighted by atomic mass is 16.5. The predicted octanol–water partition coefficient (Wildman–Crippen LogP) is 1.42. The zero-order chi connectivity index (χ0) is 22.5. The molecule has 2 atom stereocenters. The van der Waals surface area contributed by atoms with Gasteiger partial charge in [-0.05, 0) is 24.8 Å². The van der Waals surface area contributed by atoms with E-state index in [9.17, 15) is 19.2 Å². The fourth-order valence-corrected chi connectivity index (χ4v) is 2.43. The molecule has 9 nitrogen and oxygen atoms in total. The van der Waals surface area contributed by atoms with Crippen LogP contribution in [0.25, 0.3) is 0 Å². The Kier molecular flexibility index (Phi) is 10.7. The van der Waals surface area contributed by atoms with Crippen LogP contribution in [-0.4, -0.2) is 42.6 Å². The number of primary amides is 1. The quantitative estimate of drug-likeness (QED) is 0.366. The van der Waals surface area contributed by atoms with Gasteiger partial charge in [-0.1, -0.05) is 50.3 Å². The Morgan fingerprint density at radius 1 is 1.07 bits per heavy atom. The summed E-state index contributed by atoms with van der Waals surface area (Å²) in [5.74, 6) is -2.20. The molecule has 0 fully saturated rings. The van der Waals surface area contributed by atoms with Gasteiger partial charge in [-0.2, -0.15) is 0 Å². The van der Waals surface area contributed by atoms with Crippen molar-refractivity contribution in [2.75, 3.05) is 6.61 Å². The Hall–Kier alpha value is -3.36. The molecule has 0 unspecified atom stereocenters. The number of nitrogens with one attached hydrogen (secondary N) is 2. The van der Waals surface area contributed by atoms with Gasteiger partial charge in [0.2, 0.25) is 11.8 Å². The molecule has 0 saturated carbocycles. The Morgan fingerprint density at radius 3 is 2.30 bits per heavy atom. The second-order valence-electron chi connectivity index (χ2n) is 6.78. The molecule has 164 valence electrons. The highest BCUT2D eigenvalue weighted by molar-refractivity contribution is 5.91. The van der Waals surface area contributed by atoms with Crippen LogP contribution in [0.15, 0.2) is 42.5 Å². The summed E-state index contributed by atoms with van der Waals surface area (Å²) >= 11 is 0. The molecule has 0 aliphatic rings. The maximum atomic E-state index is 12.6. The number of ether oxygens (including phenoxy) is 2. The molecule has 0 saturated heterocycles. The van der Waals surface area contributed by atoms with Gasteiger partial charge in [0, 0.05) is 6.08 Å². The van der Waals surface area contributed by atoms with Crippen molar-refractivity contribution in [2.45, 2.75) is 45.9 Å². The number of carbonyl (C=O) groups is 4. The third-order valence-corrected chi connectivity index (χ3v) is 4.01. The molecule has 0 aliphatic carbocycles. The lowest BCUT2D eigenvalue weighted by molar-refractivity contribution is -0.137. The van der Waals surface area contributed by atoms with Crippen LogP contribution in [0.4, 0.5) is 4.79 Å². The fourth-order valence-electron chi connectivity index (χ4n) is 2.43. The summed E-state index contributed by atoms with van der Waals surface area (Å²) < 4.78 is 9.88. The van der Waals surface area contributed by atoms with Crippen molar-refractivity contribution in [3.8, 4) is 0 Å². The maximum Gasteiger partial charge on any atom is 0.408 e. The topological polar surface area (TPSA) is 137 Å². The Labute approximate surface area is 176 Å². The molecular formula is C21H29N3O6. The van der Waals surface area contributed by atoms with Crippen molar-refractivity contribution < 1.29 is 28.7 Å². The minimum atomic E-state index is -1.05. The molecule has 0 heterocycles. The van der Waals surface area contributed by atoms with Crippen molar-refractivity contribution >= 4 is 23.9 Å². The van der Waals surface area contributed by atoms with Gasteiger partial charge < -0.3 is 25.8 Å². The van der Waals surface area contributed by atoms with Gasteiger partial charge in [0.1, 0.15) is 18.7 Å². The normalized spacial score (nSPS) is 12.8. The van der Waals surface area contributed by atoms with Gasteiger partial charge in [-0.25, -0.2) is 9.59 Å². The monoisotopic (exact) mass is 419 g/mol. The molecule has 0 radical (unpaired) electrons. The van der Waals surface area contributed by atoms with Crippen LogP contribution in [0.1, 0.15) is 32.8 Å². The number of nitrogens with two attached hydrogens (primary N) is 1. The van der Waals surface area contributed by atoms with E-state index >= 15 is 0 Å². The van der Waals surface area contributed by atoms with Crippen LogP contribution in [0.2, 0.25) is 0 Å². The van der Waals surface area contributed by atoms with Crippen LogP contribution >= 0.6 is 0 Å². The first kappa shape index (κ1) is 24.7. The summed E-state index contributed by atoms with van der Waals surface area (Å²) in [6.07, 6.45) is 1.79. The van der Waals surface area contributed by atoms with Gasteiger partial charge in [-0.3, -0.25) is 9.59 Å². The lowest BCUT2D eigenvalue weighted by Crippen LogP contribution is -2.54. The first-order valence-corrected chi connectivity index (χ1v) is 9.64. The van der Waals surface area contributed by atoms with E-state index in [-0.39, 0.29) is 25.6 Å². The summed E-state index contributed by atoms with van der Waals surface area (Å²) in [6, 6.07) is 7.11. The smallest absolute Gasteiger partial charge is 0.408 e. The van der Waals surface area contributed by atoms with Crippen molar-refractivity contribution in [3.05, 3.63) is 48.0 Å². The van der Waals surface area contributed by atoms with E-state index < -0.39 is 36.0 Å². The number of alkyl carbamates (subject to hydrolysis) is 1. The van der Waals surface area contributed by atoms with Gasteiger partial charge in [0.25, 0.3) is 0 Å². The lowest BCUT2D eigenvalue weighted by atomic mass is 10.0. The zero-order valence-electron chi connectivity index (χ0n) is 17.4. The molecule has 4 N–H and O–H groups in total.